The van der Waals surface area contributed by atoms with E-state index in [1.54, 1.807) is 0 Å². The molecule has 0 radical (unpaired) electrons. The van der Waals surface area contributed by atoms with E-state index < -0.39 is 20.0 Å². The highest BCUT2D eigenvalue weighted by molar-refractivity contribution is 7.47. The number of unbranched alkanes of at least 4 members (excludes halogenated alkanes) is 35. The zero-order valence-corrected chi connectivity index (χ0v) is 61.6. The van der Waals surface area contributed by atoms with Crippen LogP contribution in [0.1, 0.15) is 335 Å². The normalized spacial score (nSPS) is 14.3. The second-order valence-electron chi connectivity index (χ2n) is 27.0. The Morgan fingerprint density at radius 2 is 0.652 bits per heavy atom. The molecule has 0 aromatic carbocycles. The highest BCUT2D eigenvalue weighted by atomic mass is 31.2. The molecule has 8 nitrogen and oxygen atoms in total. The summed E-state index contributed by atoms with van der Waals surface area (Å²) >= 11 is 0. The minimum atomic E-state index is -4.35. The molecule has 0 bridgehead atoms. The molecule has 0 aliphatic rings. The Bertz CT molecular complexity index is 1970. The summed E-state index contributed by atoms with van der Waals surface area (Å²) in [6.45, 7) is 4.78. The molecule has 0 spiro atoms. The third kappa shape index (κ3) is 74.0. The van der Waals surface area contributed by atoms with Gasteiger partial charge in [-0.15, -0.1) is 0 Å². The maximum Gasteiger partial charge on any atom is 0.472 e. The highest BCUT2D eigenvalue weighted by Gasteiger charge is 2.28. The molecule has 0 heterocycles. The number of phosphoric acid groups is 1. The molecule has 3 atom stereocenters. The van der Waals surface area contributed by atoms with Crippen molar-refractivity contribution in [1.29, 1.82) is 0 Å². The van der Waals surface area contributed by atoms with Gasteiger partial charge >= 0.3 is 7.82 Å². The molecular weight excluding hydrogens is 1150 g/mol. The largest absolute Gasteiger partial charge is 0.472 e. The first kappa shape index (κ1) is 88.6. The van der Waals surface area contributed by atoms with Gasteiger partial charge in [-0.2, -0.15) is 0 Å². The van der Waals surface area contributed by atoms with Gasteiger partial charge in [0.25, 0.3) is 0 Å². The first-order chi connectivity index (χ1) is 45.0. The molecule has 0 aliphatic carbocycles. The van der Waals surface area contributed by atoms with Crippen molar-refractivity contribution in [1.82, 2.24) is 5.32 Å². The van der Waals surface area contributed by atoms with Crippen molar-refractivity contribution in [3.05, 3.63) is 134 Å². The maximum atomic E-state index is 13.1. The average Bonchev–Trinajstić information content (AvgIpc) is 2.63. The summed E-state index contributed by atoms with van der Waals surface area (Å²) in [7, 11) is 1.59. The van der Waals surface area contributed by atoms with Crippen LogP contribution in [0.5, 0.6) is 0 Å². The van der Waals surface area contributed by atoms with Gasteiger partial charge in [-0.25, -0.2) is 4.57 Å². The standard InChI is InChI=1S/C83H147N2O6P/c1-6-8-10-12-14-16-18-20-22-24-26-28-30-32-34-36-38-39-40-41-42-43-44-45-47-49-51-53-55-57-59-61-63-65-67-69-71-73-75-77-83(87)84-81(80-91-92(88,89)90-79-78-85(3,4)5)82(86)76-74-72-70-68-66-64-62-60-58-56-54-52-50-48-46-37-35-33-31-29-27-25-23-21-19-17-15-13-11-9-7-2/h8,10,14,16,20,22,26,28,32,34,38-39,41-42,44-45,49,51,55,57,61,63,81-82,86H,6-7,9,11-13,15,17-19,21,23-25,27,29-31,33,35-37,40,43,46-48,50,52-54,56,58-60,62,64-80H2,1-5H3,(H-,84,87,88,89)/p+1/b10-8-,16-14-,22-20-,28-26-,34-32-,39-38-,42-41-,45-44-,51-49-,57-55-,63-61-. The first-order valence-corrected chi connectivity index (χ1v) is 40.0. The number of hydrogen-bond donors (Lipinski definition) is 3. The lowest BCUT2D eigenvalue weighted by atomic mass is 10.0. The number of aliphatic hydroxyl groups excluding tert-OH is 1. The number of amides is 1. The molecule has 0 aliphatic heterocycles. The second-order valence-corrected chi connectivity index (χ2v) is 28.5. The van der Waals surface area contributed by atoms with E-state index >= 15 is 0 Å². The van der Waals surface area contributed by atoms with Crippen LogP contribution in [-0.4, -0.2) is 73.4 Å². The molecule has 3 N–H and O–H groups in total. The Labute approximate surface area is 570 Å². The molecule has 0 fully saturated rings. The van der Waals surface area contributed by atoms with Crippen molar-refractivity contribution < 1.29 is 32.9 Å². The summed E-state index contributed by atoms with van der Waals surface area (Å²) in [6, 6.07) is -0.784. The number of phosphoric ester groups is 1. The fourth-order valence-corrected chi connectivity index (χ4v) is 11.7. The Morgan fingerprint density at radius 3 is 0.957 bits per heavy atom. The van der Waals surface area contributed by atoms with Crippen LogP contribution in [-0.2, 0) is 18.4 Å². The lowest BCUT2D eigenvalue weighted by Gasteiger charge is -2.26. The van der Waals surface area contributed by atoms with Crippen LogP contribution < -0.4 is 5.32 Å². The van der Waals surface area contributed by atoms with E-state index in [0.717, 1.165) is 128 Å². The topological polar surface area (TPSA) is 105 Å². The van der Waals surface area contributed by atoms with Crippen molar-refractivity contribution in [3.8, 4) is 0 Å². The molecule has 9 heteroatoms. The maximum absolute atomic E-state index is 13.1. The number of rotatable bonds is 70. The number of aliphatic hydroxyl groups is 1. The van der Waals surface area contributed by atoms with Gasteiger partial charge in [0.05, 0.1) is 39.9 Å². The molecule has 3 unspecified atom stereocenters. The molecule has 0 rings (SSSR count). The Kier molecular flexibility index (Phi) is 69.3. The number of carbonyl (C=O) groups excluding carboxylic acids is 1. The quantitative estimate of drug-likeness (QED) is 0.0243. The van der Waals surface area contributed by atoms with Gasteiger partial charge in [0, 0.05) is 6.42 Å². The third-order valence-corrected chi connectivity index (χ3v) is 17.9. The summed E-state index contributed by atoms with van der Waals surface area (Å²) in [5.41, 5.74) is 0. The van der Waals surface area contributed by atoms with E-state index in [1.807, 2.05) is 21.1 Å². The molecule has 530 valence electrons. The summed E-state index contributed by atoms with van der Waals surface area (Å²) in [5, 5.41) is 14.2. The zero-order chi connectivity index (χ0) is 66.9. The van der Waals surface area contributed by atoms with Crippen molar-refractivity contribution in [2.75, 3.05) is 40.9 Å². The minimum Gasteiger partial charge on any atom is -0.391 e. The number of quaternary nitrogens is 1. The van der Waals surface area contributed by atoms with Crippen molar-refractivity contribution in [2.24, 2.45) is 0 Å². The monoisotopic (exact) mass is 1300 g/mol. The lowest BCUT2D eigenvalue weighted by Crippen LogP contribution is -2.46. The summed E-state index contributed by atoms with van der Waals surface area (Å²) < 4.78 is 23.9. The van der Waals surface area contributed by atoms with Crippen molar-refractivity contribution >= 4 is 13.7 Å². The van der Waals surface area contributed by atoms with E-state index in [9.17, 15) is 19.4 Å². The molecule has 0 aromatic heterocycles. The Hall–Kier alpha value is -3.36. The number of hydrogen-bond acceptors (Lipinski definition) is 5. The van der Waals surface area contributed by atoms with Crippen LogP contribution in [0, 0.1) is 0 Å². The van der Waals surface area contributed by atoms with Gasteiger partial charge in [-0.3, -0.25) is 13.8 Å². The van der Waals surface area contributed by atoms with E-state index in [0.29, 0.717) is 23.9 Å². The van der Waals surface area contributed by atoms with E-state index in [4.69, 9.17) is 9.05 Å². The van der Waals surface area contributed by atoms with Gasteiger partial charge in [-0.1, -0.05) is 366 Å². The average molecular weight is 1300 g/mol. The van der Waals surface area contributed by atoms with Gasteiger partial charge < -0.3 is 19.8 Å². The third-order valence-electron chi connectivity index (χ3n) is 16.9. The Balaban J connectivity index is 4.10. The van der Waals surface area contributed by atoms with Crippen LogP contribution >= 0.6 is 7.82 Å². The number of allylic oxidation sites excluding steroid dienone is 22. The predicted octanol–water partition coefficient (Wildman–Crippen LogP) is 25.3. The first-order valence-electron chi connectivity index (χ1n) is 38.5. The number of carbonyl (C=O) groups is 1. The second kappa shape index (κ2) is 71.9. The lowest BCUT2D eigenvalue weighted by molar-refractivity contribution is -0.870. The molecule has 0 saturated heterocycles. The van der Waals surface area contributed by atoms with E-state index in [2.05, 4.69) is 153 Å². The smallest absolute Gasteiger partial charge is 0.391 e. The molecule has 1 amide bonds. The summed E-state index contributed by atoms with van der Waals surface area (Å²) in [5.74, 6) is -0.164. The molecular formula is C83H148N2O6P+. The summed E-state index contributed by atoms with van der Waals surface area (Å²) in [6.07, 6.45) is 109. The Morgan fingerprint density at radius 1 is 0.380 bits per heavy atom. The van der Waals surface area contributed by atoms with Crippen LogP contribution in [0.3, 0.4) is 0 Å². The van der Waals surface area contributed by atoms with Crippen LogP contribution in [0.15, 0.2) is 134 Å². The van der Waals surface area contributed by atoms with E-state index in [-0.39, 0.29) is 19.1 Å². The number of nitrogens with zero attached hydrogens (tertiary/aromatic N) is 1. The van der Waals surface area contributed by atoms with Gasteiger partial charge in [-0.05, 0) is 96.3 Å². The fraction of sp³-hybridized carbons (Fsp3) is 0.723. The number of nitrogens with one attached hydrogen (secondary N) is 1. The van der Waals surface area contributed by atoms with Crippen molar-refractivity contribution in [2.45, 2.75) is 347 Å². The van der Waals surface area contributed by atoms with Gasteiger partial charge in [0.1, 0.15) is 13.2 Å². The van der Waals surface area contributed by atoms with E-state index in [1.165, 1.54) is 180 Å². The zero-order valence-electron chi connectivity index (χ0n) is 60.8. The van der Waals surface area contributed by atoms with Gasteiger partial charge in [0.2, 0.25) is 5.91 Å². The molecule has 0 aromatic rings. The van der Waals surface area contributed by atoms with Crippen LogP contribution in [0.25, 0.3) is 0 Å². The summed E-state index contributed by atoms with van der Waals surface area (Å²) in [4.78, 5) is 23.5. The van der Waals surface area contributed by atoms with Crippen molar-refractivity contribution in [3.63, 3.8) is 0 Å². The molecule has 0 saturated carbocycles. The predicted molar refractivity (Wildman–Crippen MR) is 405 cm³/mol. The van der Waals surface area contributed by atoms with Crippen LogP contribution in [0.2, 0.25) is 0 Å². The SMILES string of the molecule is CC/C=C\C/C=C\C/C=C\C/C=C\C/C=C\C/C=C\C/C=C\C/C=C\C/C=C\C/C=C\C/C=C\CCCCCCCC(=O)NC(COP(=O)(O)OCC[N+](C)(C)C)C(O)CCCCCCCCCCCCCCCCCCCCCCCCCCCCCCCCC. The number of likely N-dealkylation sites (N-methyl/N-ethyl adjacent to an activating group) is 1. The van der Waals surface area contributed by atoms with Crippen LogP contribution in [0.4, 0.5) is 0 Å². The highest BCUT2D eigenvalue weighted by Crippen LogP contribution is 2.43. The molecule has 92 heavy (non-hydrogen) atoms. The fourth-order valence-electron chi connectivity index (χ4n) is 11.0. The van der Waals surface area contributed by atoms with Gasteiger partial charge in [0.15, 0.2) is 0 Å². The minimum absolute atomic E-state index is 0.0645.